The van der Waals surface area contributed by atoms with Crippen molar-refractivity contribution in [2.45, 2.75) is 20.8 Å². The van der Waals surface area contributed by atoms with E-state index in [-0.39, 0.29) is 22.8 Å². The molecule has 6 nitrogen and oxygen atoms in total. The molecule has 2 N–H and O–H groups in total. The number of para-hydroxylation sites is 2. The zero-order valence-electron chi connectivity index (χ0n) is 17.9. The van der Waals surface area contributed by atoms with E-state index in [2.05, 4.69) is 15.5 Å². The SMILES string of the molecule is Cc1ccc(C(=O)NC(=S)Nc2ccccc2N2CCN(C(=O)C(C)C)CC2)cc1Cl. The molecule has 2 amide bonds. The molecular formula is C23H27ClN4O2S. The number of thiocarbonyl (C=S) groups is 1. The summed E-state index contributed by atoms with van der Waals surface area (Å²) < 4.78 is 0. The highest BCUT2D eigenvalue weighted by atomic mass is 35.5. The van der Waals surface area contributed by atoms with Gasteiger partial charge in [0.2, 0.25) is 5.91 Å². The van der Waals surface area contributed by atoms with Gasteiger partial charge in [0, 0.05) is 42.7 Å². The van der Waals surface area contributed by atoms with E-state index in [1.165, 1.54) is 0 Å². The molecule has 2 aromatic carbocycles. The van der Waals surface area contributed by atoms with Crippen molar-refractivity contribution in [1.82, 2.24) is 10.2 Å². The van der Waals surface area contributed by atoms with Gasteiger partial charge in [0.15, 0.2) is 5.11 Å². The van der Waals surface area contributed by atoms with Crippen LogP contribution in [0.3, 0.4) is 0 Å². The molecule has 0 bridgehead atoms. The predicted octanol–water partition coefficient (Wildman–Crippen LogP) is 4.08. The summed E-state index contributed by atoms with van der Waals surface area (Å²) in [7, 11) is 0. The first-order valence-corrected chi connectivity index (χ1v) is 11.1. The second-order valence-electron chi connectivity index (χ2n) is 7.86. The van der Waals surface area contributed by atoms with Crippen molar-refractivity contribution in [3.05, 3.63) is 58.6 Å². The number of carbonyl (C=O) groups is 2. The molecule has 0 radical (unpaired) electrons. The molecule has 1 heterocycles. The first-order valence-electron chi connectivity index (χ1n) is 10.3. The standard InChI is InChI=1S/C23H27ClN4O2S/c1-15(2)22(30)28-12-10-27(11-13-28)20-7-5-4-6-19(20)25-23(31)26-21(29)17-9-8-16(3)18(24)14-17/h4-9,14-15H,10-13H2,1-3H3,(H2,25,26,29,31). The van der Waals surface area contributed by atoms with E-state index in [0.29, 0.717) is 23.7 Å². The Balaban J connectivity index is 1.64. The normalized spacial score (nSPS) is 13.8. The maximum Gasteiger partial charge on any atom is 0.257 e. The Labute approximate surface area is 193 Å². The van der Waals surface area contributed by atoms with Crippen LogP contribution in [0, 0.1) is 12.8 Å². The molecule has 1 fully saturated rings. The number of benzene rings is 2. The lowest BCUT2D eigenvalue weighted by Gasteiger charge is -2.37. The van der Waals surface area contributed by atoms with E-state index in [0.717, 1.165) is 30.0 Å². The maximum atomic E-state index is 12.5. The summed E-state index contributed by atoms with van der Waals surface area (Å²) in [5.74, 6) is -0.131. The van der Waals surface area contributed by atoms with Gasteiger partial charge in [-0.05, 0) is 49.0 Å². The van der Waals surface area contributed by atoms with Gasteiger partial charge in [0.05, 0.1) is 11.4 Å². The van der Waals surface area contributed by atoms with Crippen LogP contribution in [0.15, 0.2) is 42.5 Å². The van der Waals surface area contributed by atoms with E-state index in [1.807, 2.05) is 49.9 Å². The molecule has 8 heteroatoms. The lowest BCUT2D eigenvalue weighted by Crippen LogP contribution is -2.50. The van der Waals surface area contributed by atoms with Crippen LogP contribution in [-0.2, 0) is 4.79 Å². The van der Waals surface area contributed by atoms with Crippen molar-refractivity contribution in [3.63, 3.8) is 0 Å². The summed E-state index contributed by atoms with van der Waals surface area (Å²) in [5.41, 5.74) is 3.13. The van der Waals surface area contributed by atoms with Crippen LogP contribution in [0.25, 0.3) is 0 Å². The van der Waals surface area contributed by atoms with Crippen molar-refractivity contribution in [2.75, 3.05) is 36.4 Å². The number of hydrogen-bond acceptors (Lipinski definition) is 4. The number of hydrogen-bond donors (Lipinski definition) is 2. The number of nitrogens with zero attached hydrogens (tertiary/aromatic N) is 2. The minimum atomic E-state index is -0.322. The average Bonchev–Trinajstić information content (AvgIpc) is 2.75. The summed E-state index contributed by atoms with van der Waals surface area (Å²) in [4.78, 5) is 28.9. The van der Waals surface area contributed by atoms with Crippen molar-refractivity contribution in [1.29, 1.82) is 0 Å². The number of rotatable bonds is 4. The van der Waals surface area contributed by atoms with Crippen molar-refractivity contribution in [3.8, 4) is 0 Å². The molecule has 3 rings (SSSR count). The highest BCUT2D eigenvalue weighted by Crippen LogP contribution is 2.27. The van der Waals surface area contributed by atoms with Crippen LogP contribution < -0.4 is 15.5 Å². The third-order valence-electron chi connectivity index (χ3n) is 5.24. The number of carbonyl (C=O) groups excluding carboxylic acids is 2. The lowest BCUT2D eigenvalue weighted by molar-refractivity contribution is -0.134. The van der Waals surface area contributed by atoms with Crippen molar-refractivity contribution >= 4 is 52.1 Å². The fourth-order valence-corrected chi connectivity index (χ4v) is 3.83. The fourth-order valence-electron chi connectivity index (χ4n) is 3.45. The van der Waals surface area contributed by atoms with Gasteiger partial charge in [0.25, 0.3) is 5.91 Å². The monoisotopic (exact) mass is 458 g/mol. The Kier molecular flexibility index (Phi) is 7.51. The largest absolute Gasteiger partial charge is 0.366 e. The Morgan fingerprint density at radius 1 is 1.06 bits per heavy atom. The van der Waals surface area contributed by atoms with E-state index in [4.69, 9.17) is 23.8 Å². The molecule has 0 atom stereocenters. The zero-order valence-corrected chi connectivity index (χ0v) is 19.5. The number of anilines is 2. The van der Waals surface area contributed by atoms with E-state index < -0.39 is 0 Å². The number of nitrogens with one attached hydrogen (secondary N) is 2. The summed E-state index contributed by atoms with van der Waals surface area (Å²) in [5, 5.41) is 6.58. The van der Waals surface area contributed by atoms with Gasteiger partial charge in [0.1, 0.15) is 0 Å². The number of aryl methyl sites for hydroxylation is 1. The molecule has 2 aromatic rings. The van der Waals surface area contributed by atoms with Gasteiger partial charge in [-0.3, -0.25) is 14.9 Å². The molecular weight excluding hydrogens is 432 g/mol. The molecule has 0 saturated carbocycles. The molecule has 164 valence electrons. The highest BCUT2D eigenvalue weighted by Gasteiger charge is 2.24. The molecule has 0 aromatic heterocycles. The van der Waals surface area contributed by atoms with Crippen LogP contribution in [0.5, 0.6) is 0 Å². The smallest absolute Gasteiger partial charge is 0.257 e. The average molecular weight is 459 g/mol. The highest BCUT2D eigenvalue weighted by molar-refractivity contribution is 7.80. The third kappa shape index (κ3) is 5.74. The number of amides is 2. The summed E-state index contributed by atoms with van der Waals surface area (Å²) in [6, 6.07) is 12.9. The Bertz CT molecular complexity index is 987. The van der Waals surface area contributed by atoms with E-state index >= 15 is 0 Å². The minimum absolute atomic E-state index is 0.00454. The molecule has 0 spiro atoms. The van der Waals surface area contributed by atoms with Crippen LogP contribution in [0.2, 0.25) is 5.02 Å². The summed E-state index contributed by atoms with van der Waals surface area (Å²) in [6.07, 6.45) is 0. The second kappa shape index (κ2) is 10.1. The molecule has 0 unspecified atom stereocenters. The second-order valence-corrected chi connectivity index (χ2v) is 8.67. The Morgan fingerprint density at radius 2 is 1.74 bits per heavy atom. The minimum Gasteiger partial charge on any atom is -0.366 e. The molecule has 1 aliphatic rings. The molecule has 1 aliphatic heterocycles. The Morgan fingerprint density at radius 3 is 2.39 bits per heavy atom. The number of halogens is 1. The molecule has 0 aliphatic carbocycles. The topological polar surface area (TPSA) is 64.7 Å². The lowest BCUT2D eigenvalue weighted by atomic mass is 10.1. The van der Waals surface area contributed by atoms with Crippen molar-refractivity contribution in [2.24, 2.45) is 5.92 Å². The molecule has 31 heavy (non-hydrogen) atoms. The van der Waals surface area contributed by atoms with Gasteiger partial charge in [-0.2, -0.15) is 0 Å². The van der Waals surface area contributed by atoms with Crippen LogP contribution in [0.1, 0.15) is 29.8 Å². The zero-order chi connectivity index (χ0) is 22.5. The van der Waals surface area contributed by atoms with Gasteiger partial charge < -0.3 is 15.1 Å². The summed E-state index contributed by atoms with van der Waals surface area (Å²) >= 11 is 11.5. The predicted molar refractivity (Wildman–Crippen MR) is 130 cm³/mol. The van der Waals surface area contributed by atoms with Gasteiger partial charge in [-0.15, -0.1) is 0 Å². The van der Waals surface area contributed by atoms with Gasteiger partial charge in [-0.25, -0.2) is 0 Å². The molecule has 1 saturated heterocycles. The number of piperazine rings is 1. The van der Waals surface area contributed by atoms with E-state index in [9.17, 15) is 9.59 Å². The van der Waals surface area contributed by atoms with Crippen LogP contribution >= 0.6 is 23.8 Å². The first kappa shape index (κ1) is 23.0. The summed E-state index contributed by atoms with van der Waals surface area (Å²) in [6.45, 7) is 8.56. The van der Waals surface area contributed by atoms with E-state index in [1.54, 1.807) is 18.2 Å². The van der Waals surface area contributed by atoms with Crippen molar-refractivity contribution < 1.29 is 9.59 Å². The van der Waals surface area contributed by atoms with Gasteiger partial charge in [-0.1, -0.05) is 43.6 Å². The third-order valence-corrected chi connectivity index (χ3v) is 5.85. The van der Waals surface area contributed by atoms with Gasteiger partial charge >= 0.3 is 0 Å². The fraction of sp³-hybridized carbons (Fsp3) is 0.348. The van der Waals surface area contributed by atoms with Crippen LogP contribution in [-0.4, -0.2) is 48.0 Å². The van der Waals surface area contributed by atoms with Crippen LogP contribution in [0.4, 0.5) is 11.4 Å². The maximum absolute atomic E-state index is 12.5. The Hall–Kier alpha value is -2.64. The first-order chi connectivity index (χ1) is 14.8. The quantitative estimate of drug-likeness (QED) is 0.676.